The molecule has 0 aliphatic heterocycles. The first-order valence-corrected chi connectivity index (χ1v) is 10.1. The van der Waals surface area contributed by atoms with Gasteiger partial charge in [-0.05, 0) is 55.7 Å². The van der Waals surface area contributed by atoms with Crippen molar-refractivity contribution < 1.29 is 14.0 Å². The first-order chi connectivity index (χ1) is 12.2. The third-order valence-electron chi connectivity index (χ3n) is 4.60. The molecule has 0 fully saturated rings. The molecular formula is C22H39N2O2+. The summed E-state index contributed by atoms with van der Waals surface area (Å²) in [6.07, 6.45) is 4.27. The number of benzene rings is 1. The minimum absolute atomic E-state index is 0.154. The van der Waals surface area contributed by atoms with Gasteiger partial charge in [0, 0.05) is 6.54 Å². The Bertz CT molecular complexity index is 553. The van der Waals surface area contributed by atoms with E-state index in [9.17, 15) is 4.79 Å². The van der Waals surface area contributed by atoms with Crippen molar-refractivity contribution in [3.05, 3.63) is 29.3 Å². The van der Waals surface area contributed by atoms with Crippen molar-refractivity contribution in [2.45, 2.75) is 59.3 Å². The van der Waals surface area contributed by atoms with Crippen LogP contribution in [-0.4, -0.2) is 50.7 Å². The number of nitrogens with zero attached hydrogens (tertiary/aromatic N) is 1. The smallest absolute Gasteiger partial charge is 0.275 e. The maximum Gasteiger partial charge on any atom is 0.275 e. The largest absolute Gasteiger partial charge is 0.493 e. The molecule has 0 bridgehead atoms. The number of unbranched alkanes of at least 4 members (excludes halogenated alkanes) is 2. The van der Waals surface area contributed by atoms with E-state index in [0.29, 0.717) is 12.5 Å². The first kappa shape index (κ1) is 22.5. The monoisotopic (exact) mass is 363 g/mol. The van der Waals surface area contributed by atoms with Crippen LogP contribution >= 0.6 is 0 Å². The first-order valence-electron chi connectivity index (χ1n) is 10.1. The summed E-state index contributed by atoms with van der Waals surface area (Å²) in [4.78, 5) is 11.9. The number of rotatable bonds is 12. The molecular weight excluding hydrogens is 324 g/mol. The number of nitrogens with one attached hydrogen (secondary N) is 1. The van der Waals surface area contributed by atoms with Gasteiger partial charge in [-0.2, -0.15) is 0 Å². The lowest BCUT2D eigenvalue weighted by Crippen LogP contribution is -2.48. The van der Waals surface area contributed by atoms with Crippen molar-refractivity contribution in [3.8, 4) is 5.75 Å². The van der Waals surface area contributed by atoms with Gasteiger partial charge < -0.3 is 14.5 Å². The highest BCUT2D eigenvalue weighted by molar-refractivity contribution is 5.76. The minimum Gasteiger partial charge on any atom is -0.493 e. The Morgan fingerprint density at radius 2 is 1.92 bits per heavy atom. The number of aryl methyl sites for hydroxylation is 1. The summed E-state index contributed by atoms with van der Waals surface area (Å²) in [5.41, 5.74) is 2.52. The number of hydrogen-bond donors (Lipinski definition) is 1. The summed E-state index contributed by atoms with van der Waals surface area (Å²) < 4.78 is 6.79. The summed E-state index contributed by atoms with van der Waals surface area (Å²) in [6, 6.07) is 6.47. The van der Waals surface area contributed by atoms with Crippen LogP contribution in [0.4, 0.5) is 0 Å². The van der Waals surface area contributed by atoms with Gasteiger partial charge in [0.25, 0.3) is 5.91 Å². The fourth-order valence-electron chi connectivity index (χ4n) is 3.03. The normalized spacial score (nSPS) is 11.7. The van der Waals surface area contributed by atoms with Crippen LogP contribution in [0, 0.1) is 6.92 Å². The lowest BCUT2D eigenvalue weighted by atomic mass is 10.0. The topological polar surface area (TPSA) is 38.3 Å². The average molecular weight is 364 g/mol. The fourth-order valence-corrected chi connectivity index (χ4v) is 3.03. The molecule has 1 aromatic carbocycles. The molecule has 0 atom stereocenters. The molecule has 1 aromatic rings. The van der Waals surface area contributed by atoms with Crippen LogP contribution < -0.4 is 10.1 Å². The van der Waals surface area contributed by atoms with E-state index >= 15 is 0 Å². The summed E-state index contributed by atoms with van der Waals surface area (Å²) in [7, 11) is 4.26. The second kappa shape index (κ2) is 11.2. The van der Waals surface area contributed by atoms with Crippen LogP contribution in [0.1, 0.15) is 63.5 Å². The van der Waals surface area contributed by atoms with E-state index in [-0.39, 0.29) is 5.91 Å². The van der Waals surface area contributed by atoms with Crippen LogP contribution in [0.5, 0.6) is 5.75 Å². The molecule has 1 amide bonds. The highest BCUT2D eigenvalue weighted by atomic mass is 16.5. The SMILES string of the molecule is CCCNC(=O)C[N+](C)(C)CCCCCOc1cc(C)ccc1C(C)C. The molecule has 1 rings (SSSR count). The van der Waals surface area contributed by atoms with Gasteiger partial charge >= 0.3 is 0 Å². The number of amides is 1. The van der Waals surface area contributed by atoms with Gasteiger partial charge in [-0.3, -0.25) is 4.79 Å². The van der Waals surface area contributed by atoms with Gasteiger partial charge in [0.05, 0.1) is 27.2 Å². The summed E-state index contributed by atoms with van der Waals surface area (Å²) in [5, 5.41) is 2.96. The quantitative estimate of drug-likeness (QED) is 0.445. The van der Waals surface area contributed by atoms with Gasteiger partial charge in [-0.15, -0.1) is 0 Å². The second-order valence-electron chi connectivity index (χ2n) is 8.27. The molecule has 148 valence electrons. The van der Waals surface area contributed by atoms with E-state index < -0.39 is 0 Å². The van der Waals surface area contributed by atoms with Gasteiger partial charge in [0.1, 0.15) is 5.75 Å². The molecule has 1 N–H and O–H groups in total. The number of carbonyl (C=O) groups excluding carboxylic acids is 1. The van der Waals surface area contributed by atoms with Gasteiger partial charge in [0.15, 0.2) is 6.54 Å². The predicted octanol–water partition coefficient (Wildman–Crippen LogP) is 4.27. The Morgan fingerprint density at radius 1 is 1.19 bits per heavy atom. The highest BCUT2D eigenvalue weighted by Gasteiger charge is 2.19. The van der Waals surface area contributed by atoms with Crippen molar-refractivity contribution in [2.75, 3.05) is 40.3 Å². The van der Waals surface area contributed by atoms with Crippen LogP contribution in [0.3, 0.4) is 0 Å². The average Bonchev–Trinajstić information content (AvgIpc) is 2.55. The molecule has 0 aromatic heterocycles. The van der Waals surface area contributed by atoms with E-state index in [0.717, 1.165) is 55.6 Å². The molecule has 0 radical (unpaired) electrons. The summed E-state index contributed by atoms with van der Waals surface area (Å²) >= 11 is 0. The van der Waals surface area contributed by atoms with Gasteiger partial charge in [0.2, 0.25) is 0 Å². The maximum atomic E-state index is 11.9. The number of hydrogen-bond acceptors (Lipinski definition) is 2. The van der Waals surface area contributed by atoms with Crippen LogP contribution in [0.25, 0.3) is 0 Å². The number of ether oxygens (including phenoxy) is 1. The third kappa shape index (κ3) is 8.70. The molecule has 0 unspecified atom stereocenters. The highest BCUT2D eigenvalue weighted by Crippen LogP contribution is 2.27. The number of quaternary nitrogens is 1. The predicted molar refractivity (Wildman–Crippen MR) is 110 cm³/mol. The van der Waals surface area contributed by atoms with Crippen molar-refractivity contribution in [2.24, 2.45) is 0 Å². The third-order valence-corrected chi connectivity index (χ3v) is 4.60. The zero-order valence-corrected chi connectivity index (χ0v) is 17.7. The van der Waals surface area contributed by atoms with Crippen LogP contribution in [0.2, 0.25) is 0 Å². The molecule has 0 heterocycles. The standard InChI is InChI=1S/C22H38N2O2/c1-7-13-23-22(25)17-24(5,6)14-9-8-10-15-26-21-16-19(4)11-12-20(21)18(2)3/h11-12,16,18H,7-10,13-15,17H2,1-6H3/p+1. The van der Waals surface area contributed by atoms with Crippen molar-refractivity contribution in [1.29, 1.82) is 0 Å². The number of carbonyl (C=O) groups is 1. The fraction of sp³-hybridized carbons (Fsp3) is 0.682. The Balaban J connectivity index is 2.29. The Hall–Kier alpha value is -1.55. The second-order valence-corrected chi connectivity index (χ2v) is 8.27. The Labute approximate surface area is 160 Å². The molecule has 0 aliphatic rings. The zero-order valence-electron chi connectivity index (χ0n) is 17.7. The maximum absolute atomic E-state index is 11.9. The minimum atomic E-state index is 0.154. The zero-order chi connectivity index (χ0) is 19.6. The molecule has 0 saturated carbocycles. The molecule has 0 aliphatic carbocycles. The lowest BCUT2D eigenvalue weighted by Gasteiger charge is -2.29. The van der Waals surface area contributed by atoms with Crippen molar-refractivity contribution in [1.82, 2.24) is 5.32 Å². The van der Waals surface area contributed by atoms with Crippen molar-refractivity contribution >= 4 is 5.91 Å². The Kier molecular flexibility index (Phi) is 9.71. The molecule has 26 heavy (non-hydrogen) atoms. The van der Waals surface area contributed by atoms with Gasteiger partial charge in [-0.1, -0.05) is 32.9 Å². The molecule has 0 spiro atoms. The van der Waals surface area contributed by atoms with E-state index in [1.54, 1.807) is 0 Å². The van der Waals surface area contributed by atoms with E-state index in [2.05, 4.69) is 65.3 Å². The van der Waals surface area contributed by atoms with Crippen molar-refractivity contribution in [3.63, 3.8) is 0 Å². The van der Waals surface area contributed by atoms with E-state index in [1.807, 2.05) is 0 Å². The van der Waals surface area contributed by atoms with Crippen LogP contribution in [0.15, 0.2) is 18.2 Å². The number of likely N-dealkylation sites (N-methyl/N-ethyl adjacent to an activating group) is 1. The summed E-state index contributed by atoms with van der Waals surface area (Å²) in [5.74, 6) is 1.66. The van der Waals surface area contributed by atoms with Gasteiger partial charge in [-0.25, -0.2) is 0 Å². The van der Waals surface area contributed by atoms with E-state index in [1.165, 1.54) is 11.1 Å². The lowest BCUT2D eigenvalue weighted by molar-refractivity contribution is -0.882. The Morgan fingerprint density at radius 3 is 2.58 bits per heavy atom. The van der Waals surface area contributed by atoms with E-state index in [4.69, 9.17) is 4.74 Å². The molecule has 4 heteroatoms. The summed E-state index contributed by atoms with van der Waals surface area (Å²) in [6.45, 7) is 11.7. The molecule has 0 saturated heterocycles. The van der Waals surface area contributed by atoms with Crippen LogP contribution in [-0.2, 0) is 4.79 Å². The molecule has 4 nitrogen and oxygen atoms in total.